The number of hydrogen-bond acceptors (Lipinski definition) is 1. The molecule has 1 heterocycles. The number of nitrogens with one attached hydrogen (secondary N) is 1. The van der Waals surface area contributed by atoms with E-state index in [4.69, 9.17) is 5.11 Å². The minimum Gasteiger partial charge on any atom is -0.392 e. The summed E-state index contributed by atoms with van der Waals surface area (Å²) in [7, 11) is 0. The number of aryl methyl sites for hydroxylation is 2. The van der Waals surface area contributed by atoms with Crippen LogP contribution in [0.2, 0.25) is 0 Å². The fourth-order valence-electron chi connectivity index (χ4n) is 1.86. The molecule has 0 saturated carbocycles. The van der Waals surface area contributed by atoms with Crippen molar-refractivity contribution in [2.24, 2.45) is 0 Å². The first-order valence-corrected chi connectivity index (χ1v) is 5.07. The van der Waals surface area contributed by atoms with Crippen LogP contribution in [0, 0.1) is 13.8 Å². The Labute approximate surface area is 89.6 Å². The molecular formula is C13H15NO. The quantitative estimate of drug-likeness (QED) is 0.770. The molecule has 0 saturated heterocycles. The highest BCUT2D eigenvalue weighted by Gasteiger charge is 2.04. The van der Waals surface area contributed by atoms with E-state index in [1.54, 1.807) is 0 Å². The summed E-state index contributed by atoms with van der Waals surface area (Å²) in [5, 5.41) is 9.08. The Balaban J connectivity index is 2.49. The van der Waals surface area contributed by atoms with E-state index in [2.05, 4.69) is 24.0 Å². The van der Waals surface area contributed by atoms with Gasteiger partial charge in [0.15, 0.2) is 0 Å². The summed E-state index contributed by atoms with van der Waals surface area (Å²) in [6, 6.07) is 10.1. The molecule has 0 amide bonds. The topological polar surface area (TPSA) is 36.0 Å². The smallest absolute Gasteiger partial charge is 0.0682 e. The minimum absolute atomic E-state index is 0.0935. The molecule has 2 aromatic rings. The lowest BCUT2D eigenvalue weighted by Crippen LogP contribution is -1.84. The maximum absolute atomic E-state index is 9.08. The molecule has 2 N–H and O–H groups in total. The van der Waals surface area contributed by atoms with E-state index < -0.39 is 0 Å². The average molecular weight is 201 g/mol. The second-order valence-electron chi connectivity index (χ2n) is 3.85. The second kappa shape index (κ2) is 3.91. The summed E-state index contributed by atoms with van der Waals surface area (Å²) >= 11 is 0. The van der Waals surface area contributed by atoms with E-state index in [-0.39, 0.29) is 6.61 Å². The first-order chi connectivity index (χ1) is 7.20. The number of benzene rings is 1. The number of hydrogen-bond donors (Lipinski definition) is 2. The largest absolute Gasteiger partial charge is 0.392 e. The lowest BCUT2D eigenvalue weighted by molar-refractivity contribution is 0.282. The Morgan fingerprint density at radius 3 is 2.60 bits per heavy atom. The van der Waals surface area contributed by atoms with Crippen LogP contribution in [-0.4, -0.2) is 10.1 Å². The Hall–Kier alpha value is -1.54. The zero-order valence-corrected chi connectivity index (χ0v) is 9.04. The number of aliphatic hydroxyl groups excluding tert-OH is 1. The van der Waals surface area contributed by atoms with Crippen LogP contribution in [0.15, 0.2) is 30.3 Å². The van der Waals surface area contributed by atoms with Crippen LogP contribution in [0.1, 0.15) is 17.0 Å². The van der Waals surface area contributed by atoms with E-state index in [1.807, 2.05) is 25.1 Å². The van der Waals surface area contributed by atoms with Crippen molar-refractivity contribution < 1.29 is 5.11 Å². The van der Waals surface area contributed by atoms with Gasteiger partial charge >= 0.3 is 0 Å². The zero-order chi connectivity index (χ0) is 10.8. The van der Waals surface area contributed by atoms with Crippen molar-refractivity contribution in [3.05, 3.63) is 47.3 Å². The monoisotopic (exact) mass is 201 g/mol. The van der Waals surface area contributed by atoms with Gasteiger partial charge in [0, 0.05) is 17.0 Å². The maximum Gasteiger partial charge on any atom is 0.0682 e. The van der Waals surface area contributed by atoms with Gasteiger partial charge in [0.2, 0.25) is 0 Å². The van der Waals surface area contributed by atoms with Crippen molar-refractivity contribution in [3.8, 4) is 11.1 Å². The number of H-pyrrole nitrogens is 1. The molecule has 0 fully saturated rings. The lowest BCUT2D eigenvalue weighted by Gasteiger charge is -2.02. The van der Waals surface area contributed by atoms with Gasteiger partial charge in [-0.1, -0.05) is 18.2 Å². The second-order valence-corrected chi connectivity index (χ2v) is 3.85. The van der Waals surface area contributed by atoms with E-state index in [0.29, 0.717) is 0 Å². The van der Waals surface area contributed by atoms with Crippen LogP contribution in [-0.2, 0) is 6.61 Å². The van der Waals surface area contributed by atoms with Gasteiger partial charge in [0.25, 0.3) is 0 Å². The first kappa shape index (κ1) is 9.99. The fourth-order valence-corrected chi connectivity index (χ4v) is 1.86. The van der Waals surface area contributed by atoms with Crippen LogP contribution in [0.25, 0.3) is 11.1 Å². The van der Waals surface area contributed by atoms with Crippen LogP contribution >= 0.6 is 0 Å². The van der Waals surface area contributed by atoms with E-state index in [0.717, 1.165) is 16.8 Å². The molecule has 2 rings (SSSR count). The molecule has 0 unspecified atom stereocenters. The van der Waals surface area contributed by atoms with Crippen molar-refractivity contribution >= 4 is 0 Å². The standard InChI is InChI=1S/C13H15NO/c1-9-6-13(10(2)14-9)12-5-3-4-11(7-12)8-15/h3-7,14-15H,8H2,1-2H3. The molecule has 15 heavy (non-hydrogen) atoms. The van der Waals surface area contributed by atoms with Crippen molar-refractivity contribution in [2.75, 3.05) is 0 Å². The van der Waals surface area contributed by atoms with Gasteiger partial charge < -0.3 is 10.1 Å². The highest BCUT2D eigenvalue weighted by molar-refractivity contribution is 5.67. The predicted octanol–water partition coefficient (Wildman–Crippen LogP) is 2.79. The molecule has 2 nitrogen and oxygen atoms in total. The third-order valence-corrected chi connectivity index (χ3v) is 2.57. The average Bonchev–Trinajstić information content (AvgIpc) is 2.58. The van der Waals surface area contributed by atoms with Gasteiger partial charge in [0.05, 0.1) is 6.61 Å². The maximum atomic E-state index is 9.08. The van der Waals surface area contributed by atoms with Crippen molar-refractivity contribution in [1.29, 1.82) is 0 Å². The summed E-state index contributed by atoms with van der Waals surface area (Å²) in [6.45, 7) is 4.20. The Bertz CT molecular complexity index is 471. The van der Waals surface area contributed by atoms with E-state index >= 15 is 0 Å². The third kappa shape index (κ3) is 1.95. The number of aromatic nitrogens is 1. The Morgan fingerprint density at radius 2 is 2.00 bits per heavy atom. The van der Waals surface area contributed by atoms with Gasteiger partial charge in [-0.25, -0.2) is 0 Å². The van der Waals surface area contributed by atoms with Crippen molar-refractivity contribution in [1.82, 2.24) is 4.98 Å². The normalized spacial score (nSPS) is 10.6. The van der Waals surface area contributed by atoms with Gasteiger partial charge in [-0.05, 0) is 37.1 Å². The molecule has 0 aliphatic rings. The molecular weight excluding hydrogens is 186 g/mol. The lowest BCUT2D eigenvalue weighted by atomic mass is 10.0. The zero-order valence-electron chi connectivity index (χ0n) is 9.04. The summed E-state index contributed by atoms with van der Waals surface area (Å²) in [5.74, 6) is 0. The molecule has 0 aliphatic carbocycles. The number of aliphatic hydroxyl groups is 1. The van der Waals surface area contributed by atoms with Gasteiger partial charge in [-0.15, -0.1) is 0 Å². The molecule has 0 atom stereocenters. The molecule has 2 heteroatoms. The number of aromatic amines is 1. The Morgan fingerprint density at radius 1 is 1.20 bits per heavy atom. The molecule has 0 radical (unpaired) electrons. The summed E-state index contributed by atoms with van der Waals surface area (Å²) in [6.07, 6.45) is 0. The highest BCUT2D eigenvalue weighted by Crippen LogP contribution is 2.24. The fraction of sp³-hybridized carbons (Fsp3) is 0.231. The predicted molar refractivity (Wildman–Crippen MR) is 61.6 cm³/mol. The molecule has 1 aromatic carbocycles. The summed E-state index contributed by atoms with van der Waals surface area (Å²) in [4.78, 5) is 3.28. The van der Waals surface area contributed by atoms with E-state index in [9.17, 15) is 0 Å². The van der Waals surface area contributed by atoms with Crippen LogP contribution < -0.4 is 0 Å². The molecule has 78 valence electrons. The Kier molecular flexibility index (Phi) is 2.60. The van der Waals surface area contributed by atoms with E-state index in [1.165, 1.54) is 11.3 Å². The van der Waals surface area contributed by atoms with Crippen LogP contribution in [0.4, 0.5) is 0 Å². The van der Waals surface area contributed by atoms with Crippen molar-refractivity contribution in [3.63, 3.8) is 0 Å². The van der Waals surface area contributed by atoms with Gasteiger partial charge in [0.1, 0.15) is 0 Å². The SMILES string of the molecule is Cc1cc(-c2cccc(CO)c2)c(C)[nH]1. The molecule has 0 spiro atoms. The number of rotatable bonds is 2. The summed E-state index contributed by atoms with van der Waals surface area (Å²) in [5.41, 5.74) is 5.65. The van der Waals surface area contributed by atoms with Crippen molar-refractivity contribution in [2.45, 2.75) is 20.5 Å². The first-order valence-electron chi connectivity index (χ1n) is 5.07. The van der Waals surface area contributed by atoms with Gasteiger partial charge in [-0.3, -0.25) is 0 Å². The van der Waals surface area contributed by atoms with Gasteiger partial charge in [-0.2, -0.15) is 0 Å². The third-order valence-electron chi connectivity index (χ3n) is 2.57. The minimum atomic E-state index is 0.0935. The van der Waals surface area contributed by atoms with Crippen LogP contribution in [0.3, 0.4) is 0 Å². The molecule has 0 aliphatic heterocycles. The molecule has 1 aromatic heterocycles. The summed E-state index contributed by atoms with van der Waals surface area (Å²) < 4.78 is 0. The van der Waals surface area contributed by atoms with Crippen LogP contribution in [0.5, 0.6) is 0 Å². The highest BCUT2D eigenvalue weighted by atomic mass is 16.3. The molecule has 0 bridgehead atoms.